The van der Waals surface area contributed by atoms with E-state index in [-0.39, 0.29) is 17.7 Å². The summed E-state index contributed by atoms with van der Waals surface area (Å²) in [6.45, 7) is 7.37. The molecular formula is C24H31NO5Si. The van der Waals surface area contributed by atoms with Gasteiger partial charge in [0.15, 0.2) is 6.10 Å². The van der Waals surface area contributed by atoms with Gasteiger partial charge in [0.1, 0.15) is 6.10 Å². The molecule has 2 fully saturated rings. The lowest BCUT2D eigenvalue weighted by Gasteiger charge is -2.43. The standard InChI is InChI=1S/C24H31NO5Si/c1-24(2,3)31(17-10-6-4-7-11-17,18-12-8-5-9-13-18)29-15-14-20-22-21(19(26)16-28-20)25-23(27)30-22/h4-13,19-22,26H,14-16H2,1-3H3,(H,25,27)/t19-,20-,21-,22+/m0/s1. The molecule has 2 heterocycles. The van der Waals surface area contributed by atoms with Crippen molar-refractivity contribution in [2.75, 3.05) is 13.2 Å². The van der Waals surface area contributed by atoms with E-state index in [9.17, 15) is 9.90 Å². The maximum Gasteiger partial charge on any atom is 0.408 e. The Morgan fingerprint density at radius 2 is 1.65 bits per heavy atom. The fourth-order valence-corrected chi connectivity index (χ4v) is 9.41. The first-order valence-electron chi connectivity index (χ1n) is 10.8. The molecule has 7 heteroatoms. The van der Waals surface area contributed by atoms with Crippen LogP contribution in [-0.2, 0) is 13.9 Å². The van der Waals surface area contributed by atoms with Crippen LogP contribution in [0.2, 0.25) is 5.04 Å². The van der Waals surface area contributed by atoms with Crippen molar-refractivity contribution >= 4 is 24.8 Å². The van der Waals surface area contributed by atoms with Crippen LogP contribution in [0.5, 0.6) is 0 Å². The van der Waals surface area contributed by atoms with E-state index in [0.717, 1.165) is 0 Å². The number of hydrogen-bond donors (Lipinski definition) is 2. The number of aliphatic hydroxyl groups is 1. The van der Waals surface area contributed by atoms with Gasteiger partial charge < -0.3 is 24.3 Å². The number of ether oxygens (including phenoxy) is 2. The molecule has 4 atom stereocenters. The van der Waals surface area contributed by atoms with Crippen LogP contribution in [-0.4, -0.2) is 57.1 Å². The molecule has 0 saturated carbocycles. The molecule has 2 N–H and O–H groups in total. The number of fused-ring (bicyclic) bond motifs is 1. The Bertz CT molecular complexity index is 846. The zero-order valence-corrected chi connectivity index (χ0v) is 19.3. The maximum atomic E-state index is 11.7. The number of amides is 1. The molecule has 2 aromatic carbocycles. The minimum Gasteiger partial charge on any atom is -0.441 e. The molecule has 0 spiro atoms. The Kier molecular flexibility index (Phi) is 6.21. The fraction of sp³-hybridized carbons (Fsp3) is 0.458. The summed E-state index contributed by atoms with van der Waals surface area (Å²) >= 11 is 0. The quantitative estimate of drug-likeness (QED) is 0.672. The summed E-state index contributed by atoms with van der Waals surface area (Å²) in [6, 6.07) is 20.5. The summed E-state index contributed by atoms with van der Waals surface area (Å²) in [5.74, 6) is 0. The smallest absolute Gasteiger partial charge is 0.408 e. The largest absolute Gasteiger partial charge is 0.441 e. The zero-order chi connectivity index (χ0) is 22.1. The minimum absolute atomic E-state index is 0.108. The van der Waals surface area contributed by atoms with E-state index >= 15 is 0 Å². The topological polar surface area (TPSA) is 77.0 Å². The van der Waals surface area contributed by atoms with Gasteiger partial charge in [0.25, 0.3) is 8.32 Å². The van der Waals surface area contributed by atoms with Crippen molar-refractivity contribution < 1.29 is 23.8 Å². The van der Waals surface area contributed by atoms with Crippen LogP contribution in [0.1, 0.15) is 27.2 Å². The Hall–Kier alpha value is -2.19. The maximum absolute atomic E-state index is 11.7. The van der Waals surface area contributed by atoms with E-state index in [2.05, 4.69) is 74.6 Å². The molecule has 2 saturated heterocycles. The van der Waals surface area contributed by atoms with Gasteiger partial charge in [-0.1, -0.05) is 81.4 Å². The highest BCUT2D eigenvalue weighted by Gasteiger charge is 2.51. The Balaban J connectivity index is 1.60. The van der Waals surface area contributed by atoms with E-state index in [0.29, 0.717) is 13.0 Å². The molecule has 2 aliphatic rings. The van der Waals surface area contributed by atoms with Crippen molar-refractivity contribution in [1.29, 1.82) is 0 Å². The van der Waals surface area contributed by atoms with E-state index in [1.807, 2.05) is 12.1 Å². The summed E-state index contributed by atoms with van der Waals surface area (Å²) in [5.41, 5.74) is 0. The average molecular weight is 442 g/mol. The third-order valence-electron chi connectivity index (χ3n) is 6.28. The molecule has 0 aromatic heterocycles. The molecule has 1 amide bonds. The molecule has 166 valence electrons. The number of carbonyl (C=O) groups is 1. The number of aliphatic hydroxyl groups excluding tert-OH is 1. The van der Waals surface area contributed by atoms with E-state index < -0.39 is 32.7 Å². The first-order chi connectivity index (χ1) is 14.8. The second-order valence-corrected chi connectivity index (χ2v) is 13.6. The molecule has 0 radical (unpaired) electrons. The van der Waals surface area contributed by atoms with Crippen molar-refractivity contribution in [3.63, 3.8) is 0 Å². The second-order valence-electron chi connectivity index (χ2n) is 9.28. The van der Waals surface area contributed by atoms with Crippen molar-refractivity contribution in [3.8, 4) is 0 Å². The van der Waals surface area contributed by atoms with Crippen LogP contribution in [0.15, 0.2) is 60.7 Å². The molecule has 31 heavy (non-hydrogen) atoms. The highest BCUT2D eigenvalue weighted by atomic mass is 28.4. The monoisotopic (exact) mass is 441 g/mol. The van der Waals surface area contributed by atoms with Crippen LogP contribution in [0.4, 0.5) is 4.79 Å². The van der Waals surface area contributed by atoms with Crippen LogP contribution < -0.4 is 15.7 Å². The highest BCUT2D eigenvalue weighted by Crippen LogP contribution is 2.37. The van der Waals surface area contributed by atoms with Gasteiger partial charge in [-0.15, -0.1) is 0 Å². The Labute approximate surface area is 184 Å². The van der Waals surface area contributed by atoms with Gasteiger partial charge in [-0.05, 0) is 21.8 Å². The molecule has 0 bridgehead atoms. The van der Waals surface area contributed by atoms with Gasteiger partial charge >= 0.3 is 6.09 Å². The Morgan fingerprint density at radius 3 is 2.19 bits per heavy atom. The number of carbonyl (C=O) groups excluding carboxylic acids is 1. The van der Waals surface area contributed by atoms with Gasteiger partial charge in [-0.2, -0.15) is 0 Å². The SMILES string of the molecule is CC(C)(C)[Si](OCC[C@@H]1OC[C@H](O)[C@@H]2NC(=O)O[C@@H]21)(c1ccccc1)c1ccccc1. The summed E-state index contributed by atoms with van der Waals surface area (Å²) in [4.78, 5) is 11.7. The number of rotatable bonds is 6. The molecule has 0 aliphatic carbocycles. The molecule has 4 rings (SSSR count). The lowest BCUT2D eigenvalue weighted by atomic mass is 9.96. The Morgan fingerprint density at radius 1 is 1.06 bits per heavy atom. The molecule has 2 aliphatic heterocycles. The fourth-order valence-electron chi connectivity index (χ4n) is 4.83. The molecule has 0 unspecified atom stereocenters. The zero-order valence-electron chi connectivity index (χ0n) is 18.3. The minimum atomic E-state index is -2.62. The lowest BCUT2D eigenvalue weighted by molar-refractivity contribution is -0.124. The van der Waals surface area contributed by atoms with Crippen molar-refractivity contribution in [2.45, 2.75) is 56.6 Å². The van der Waals surface area contributed by atoms with Gasteiger partial charge in [0.2, 0.25) is 0 Å². The van der Waals surface area contributed by atoms with Crippen LogP contribution in [0.3, 0.4) is 0 Å². The summed E-state index contributed by atoms with van der Waals surface area (Å²) in [7, 11) is -2.62. The first-order valence-corrected chi connectivity index (χ1v) is 12.8. The van der Waals surface area contributed by atoms with Crippen molar-refractivity contribution in [2.24, 2.45) is 0 Å². The normalized spacial score (nSPS) is 26.1. The molecule has 2 aromatic rings. The van der Waals surface area contributed by atoms with Crippen molar-refractivity contribution in [3.05, 3.63) is 60.7 Å². The van der Waals surface area contributed by atoms with Crippen LogP contribution in [0, 0.1) is 0 Å². The van der Waals surface area contributed by atoms with E-state index in [4.69, 9.17) is 13.9 Å². The first kappa shape index (κ1) is 22.0. The van der Waals surface area contributed by atoms with E-state index in [1.54, 1.807) is 0 Å². The van der Waals surface area contributed by atoms with Crippen molar-refractivity contribution in [1.82, 2.24) is 5.32 Å². The average Bonchev–Trinajstić information content (AvgIpc) is 3.16. The third kappa shape index (κ3) is 4.15. The second kappa shape index (κ2) is 8.74. The number of nitrogens with one attached hydrogen (secondary N) is 1. The summed E-state index contributed by atoms with van der Waals surface area (Å²) in [6.07, 6.45) is -1.50. The predicted octanol–water partition coefficient (Wildman–Crippen LogP) is 2.19. The van der Waals surface area contributed by atoms with Gasteiger partial charge in [-0.3, -0.25) is 0 Å². The van der Waals surface area contributed by atoms with Gasteiger partial charge in [0.05, 0.1) is 18.8 Å². The number of hydrogen-bond acceptors (Lipinski definition) is 5. The van der Waals surface area contributed by atoms with Gasteiger partial charge in [0, 0.05) is 6.61 Å². The lowest BCUT2D eigenvalue weighted by Crippen LogP contribution is -2.66. The number of alkyl carbamates (subject to hydrolysis) is 1. The van der Waals surface area contributed by atoms with Crippen LogP contribution in [0.25, 0.3) is 0 Å². The number of benzene rings is 2. The third-order valence-corrected chi connectivity index (χ3v) is 11.3. The summed E-state index contributed by atoms with van der Waals surface area (Å²) < 4.78 is 18.1. The van der Waals surface area contributed by atoms with Gasteiger partial charge in [-0.25, -0.2) is 4.79 Å². The van der Waals surface area contributed by atoms with E-state index in [1.165, 1.54) is 10.4 Å². The molecule has 6 nitrogen and oxygen atoms in total. The highest BCUT2D eigenvalue weighted by molar-refractivity contribution is 6.99. The van der Waals surface area contributed by atoms with Crippen LogP contribution >= 0.6 is 0 Å². The summed E-state index contributed by atoms with van der Waals surface area (Å²) in [5, 5.41) is 15.2. The predicted molar refractivity (Wildman–Crippen MR) is 121 cm³/mol. The molecular weight excluding hydrogens is 410 g/mol.